The number of aromatic nitrogens is 1. The summed E-state index contributed by atoms with van der Waals surface area (Å²) in [6.45, 7) is -0.366. The molecule has 1 heterocycles. The molecule has 4 rings (SSSR count). The molecule has 3 aromatic carbocycles. The number of benzene rings is 3. The third kappa shape index (κ3) is 4.52. The standard InChI is InChI=1S/C25H20N2O3/c28-24(17-30-25(29)21-11-6-14-23-20(21)12-7-15-26-23)27-22-13-5-4-10-19(22)16-18-8-2-1-3-9-18/h1-15H,16-17H2,(H,27,28). The molecule has 4 aromatic rings. The zero-order valence-corrected chi connectivity index (χ0v) is 16.2. The summed E-state index contributed by atoms with van der Waals surface area (Å²) in [6, 6.07) is 26.4. The number of pyridine rings is 1. The first-order chi connectivity index (χ1) is 14.7. The lowest BCUT2D eigenvalue weighted by atomic mass is 10.0. The lowest BCUT2D eigenvalue weighted by Gasteiger charge is -2.12. The van der Waals surface area contributed by atoms with Gasteiger partial charge in [-0.1, -0.05) is 60.7 Å². The SMILES string of the molecule is O=C(COC(=O)c1cccc2ncccc12)Nc1ccccc1Cc1ccccc1. The van der Waals surface area contributed by atoms with Crippen LogP contribution < -0.4 is 5.32 Å². The van der Waals surface area contributed by atoms with E-state index in [0.29, 0.717) is 28.6 Å². The molecule has 0 fully saturated rings. The number of hydrogen-bond acceptors (Lipinski definition) is 4. The van der Waals surface area contributed by atoms with Gasteiger partial charge in [0.25, 0.3) is 5.91 Å². The summed E-state index contributed by atoms with van der Waals surface area (Å²) in [4.78, 5) is 29.1. The number of nitrogens with one attached hydrogen (secondary N) is 1. The van der Waals surface area contributed by atoms with E-state index in [1.54, 1.807) is 30.5 Å². The van der Waals surface area contributed by atoms with E-state index in [4.69, 9.17) is 4.74 Å². The molecule has 0 spiro atoms. The Balaban J connectivity index is 1.41. The molecule has 1 amide bonds. The number of carbonyl (C=O) groups excluding carboxylic acids is 2. The molecule has 5 heteroatoms. The van der Waals surface area contributed by atoms with Crippen LogP contribution >= 0.6 is 0 Å². The number of rotatable bonds is 6. The summed E-state index contributed by atoms with van der Waals surface area (Å²) in [5.41, 5.74) is 3.93. The van der Waals surface area contributed by atoms with E-state index in [0.717, 1.165) is 11.1 Å². The highest BCUT2D eigenvalue weighted by atomic mass is 16.5. The van der Waals surface area contributed by atoms with E-state index in [1.165, 1.54) is 0 Å². The van der Waals surface area contributed by atoms with Gasteiger partial charge in [-0.2, -0.15) is 0 Å². The van der Waals surface area contributed by atoms with E-state index in [-0.39, 0.29) is 12.5 Å². The molecule has 1 aromatic heterocycles. The van der Waals surface area contributed by atoms with Gasteiger partial charge in [0.15, 0.2) is 6.61 Å². The second-order valence-electron chi connectivity index (χ2n) is 6.82. The van der Waals surface area contributed by atoms with E-state index in [1.807, 2.05) is 60.7 Å². The van der Waals surface area contributed by atoms with Crippen molar-refractivity contribution in [3.63, 3.8) is 0 Å². The van der Waals surface area contributed by atoms with Crippen molar-refractivity contribution in [3.8, 4) is 0 Å². The number of ether oxygens (including phenoxy) is 1. The highest BCUT2D eigenvalue weighted by Crippen LogP contribution is 2.20. The maximum Gasteiger partial charge on any atom is 0.339 e. The zero-order chi connectivity index (χ0) is 20.8. The number of carbonyl (C=O) groups is 2. The Labute approximate surface area is 174 Å². The van der Waals surface area contributed by atoms with Gasteiger partial charge in [-0.05, 0) is 41.8 Å². The summed E-state index contributed by atoms with van der Waals surface area (Å²) < 4.78 is 5.25. The van der Waals surface area contributed by atoms with Gasteiger partial charge in [-0.25, -0.2) is 4.79 Å². The minimum absolute atomic E-state index is 0.366. The minimum Gasteiger partial charge on any atom is -0.452 e. The zero-order valence-electron chi connectivity index (χ0n) is 16.2. The van der Waals surface area contributed by atoms with Crippen LogP contribution in [0.1, 0.15) is 21.5 Å². The normalized spacial score (nSPS) is 10.5. The number of fused-ring (bicyclic) bond motifs is 1. The molecule has 0 saturated carbocycles. The summed E-state index contributed by atoms with van der Waals surface area (Å²) >= 11 is 0. The smallest absolute Gasteiger partial charge is 0.339 e. The summed E-state index contributed by atoms with van der Waals surface area (Å²) in [6.07, 6.45) is 2.36. The Kier molecular flexibility index (Phi) is 5.80. The molecule has 30 heavy (non-hydrogen) atoms. The Morgan fingerprint density at radius 1 is 0.833 bits per heavy atom. The van der Waals surface area contributed by atoms with Gasteiger partial charge in [0.2, 0.25) is 0 Å². The molecule has 148 valence electrons. The molecule has 0 radical (unpaired) electrons. The van der Waals surface area contributed by atoms with Crippen LogP contribution in [0.25, 0.3) is 10.9 Å². The third-order valence-electron chi connectivity index (χ3n) is 4.73. The van der Waals surface area contributed by atoms with Gasteiger partial charge in [-0.15, -0.1) is 0 Å². The first-order valence-electron chi connectivity index (χ1n) is 9.63. The minimum atomic E-state index is -0.554. The fraction of sp³-hybridized carbons (Fsp3) is 0.0800. The van der Waals surface area contributed by atoms with Crippen LogP contribution in [0.2, 0.25) is 0 Å². The molecular weight excluding hydrogens is 376 g/mol. The Morgan fingerprint density at radius 2 is 1.63 bits per heavy atom. The molecule has 0 bridgehead atoms. The van der Waals surface area contributed by atoms with Crippen molar-refractivity contribution in [3.05, 3.63) is 108 Å². The van der Waals surface area contributed by atoms with Crippen LogP contribution in [0.3, 0.4) is 0 Å². The topological polar surface area (TPSA) is 68.3 Å². The lowest BCUT2D eigenvalue weighted by Crippen LogP contribution is -2.21. The average molecular weight is 396 g/mol. The van der Waals surface area contributed by atoms with Gasteiger partial charge in [0.05, 0.1) is 11.1 Å². The van der Waals surface area contributed by atoms with Crippen LogP contribution in [0.5, 0.6) is 0 Å². The number of esters is 1. The maximum atomic E-state index is 12.5. The van der Waals surface area contributed by atoms with Crippen LogP contribution in [-0.4, -0.2) is 23.5 Å². The number of anilines is 1. The average Bonchev–Trinajstić information content (AvgIpc) is 2.79. The lowest BCUT2D eigenvalue weighted by molar-refractivity contribution is -0.119. The van der Waals surface area contributed by atoms with Crippen LogP contribution in [0, 0.1) is 0 Å². The van der Waals surface area contributed by atoms with Gasteiger partial charge < -0.3 is 10.1 Å². The number of nitrogens with zero attached hydrogens (tertiary/aromatic N) is 1. The summed E-state index contributed by atoms with van der Waals surface area (Å²) in [7, 11) is 0. The van der Waals surface area contributed by atoms with Crippen molar-refractivity contribution in [2.45, 2.75) is 6.42 Å². The predicted octanol–water partition coefficient (Wildman–Crippen LogP) is 4.62. The van der Waals surface area contributed by atoms with E-state index in [9.17, 15) is 9.59 Å². The highest BCUT2D eigenvalue weighted by Gasteiger charge is 2.14. The fourth-order valence-electron chi connectivity index (χ4n) is 3.29. The Morgan fingerprint density at radius 3 is 2.50 bits per heavy atom. The van der Waals surface area contributed by atoms with Crippen molar-refractivity contribution in [1.82, 2.24) is 4.98 Å². The van der Waals surface area contributed by atoms with Gasteiger partial charge in [-0.3, -0.25) is 9.78 Å². The molecule has 0 atom stereocenters. The first kappa shape index (κ1) is 19.3. The second kappa shape index (κ2) is 9.01. The monoisotopic (exact) mass is 396 g/mol. The fourth-order valence-corrected chi connectivity index (χ4v) is 3.29. The van der Waals surface area contributed by atoms with E-state index < -0.39 is 5.97 Å². The van der Waals surface area contributed by atoms with Crippen molar-refractivity contribution in [2.24, 2.45) is 0 Å². The van der Waals surface area contributed by atoms with E-state index >= 15 is 0 Å². The van der Waals surface area contributed by atoms with Crippen LogP contribution in [0.4, 0.5) is 5.69 Å². The Bertz CT molecular complexity index is 1180. The largest absolute Gasteiger partial charge is 0.452 e. The van der Waals surface area contributed by atoms with Crippen molar-refractivity contribution < 1.29 is 14.3 Å². The summed E-state index contributed by atoms with van der Waals surface area (Å²) in [5.74, 6) is -0.941. The molecule has 0 aliphatic heterocycles. The number of para-hydroxylation sites is 1. The predicted molar refractivity (Wildman–Crippen MR) is 116 cm³/mol. The molecule has 0 unspecified atom stereocenters. The molecule has 0 saturated heterocycles. The van der Waals surface area contributed by atoms with Gasteiger partial charge >= 0.3 is 5.97 Å². The quantitative estimate of drug-likeness (QED) is 0.483. The highest BCUT2D eigenvalue weighted by molar-refractivity contribution is 6.04. The third-order valence-corrected chi connectivity index (χ3v) is 4.73. The summed E-state index contributed by atoms with van der Waals surface area (Å²) in [5, 5.41) is 3.54. The van der Waals surface area contributed by atoms with Gasteiger partial charge in [0, 0.05) is 17.3 Å². The molecule has 0 aliphatic carbocycles. The molecule has 5 nitrogen and oxygen atoms in total. The van der Waals surface area contributed by atoms with Crippen molar-refractivity contribution in [1.29, 1.82) is 0 Å². The molecule has 0 aliphatic rings. The first-order valence-corrected chi connectivity index (χ1v) is 9.63. The van der Waals surface area contributed by atoms with Crippen LogP contribution in [0.15, 0.2) is 91.1 Å². The van der Waals surface area contributed by atoms with Gasteiger partial charge in [0.1, 0.15) is 0 Å². The van der Waals surface area contributed by atoms with Crippen molar-refractivity contribution in [2.75, 3.05) is 11.9 Å². The molecule has 1 N–H and O–H groups in total. The second-order valence-corrected chi connectivity index (χ2v) is 6.82. The van der Waals surface area contributed by atoms with Crippen LogP contribution in [-0.2, 0) is 16.0 Å². The number of amides is 1. The number of hydrogen-bond donors (Lipinski definition) is 1. The maximum absolute atomic E-state index is 12.5. The van der Waals surface area contributed by atoms with Crippen molar-refractivity contribution >= 4 is 28.5 Å². The molecular formula is C25H20N2O3. The van der Waals surface area contributed by atoms with E-state index in [2.05, 4.69) is 10.3 Å². The Hall–Kier alpha value is -3.99.